The van der Waals surface area contributed by atoms with Crippen molar-refractivity contribution in [1.82, 2.24) is 14.8 Å². The number of carbonyl (C=O) groups excluding carboxylic acids is 1. The van der Waals surface area contributed by atoms with Crippen LogP contribution in [0.1, 0.15) is 31.4 Å². The van der Waals surface area contributed by atoms with Crippen molar-refractivity contribution in [3.8, 4) is 11.4 Å². The molecule has 3 rings (SSSR count). The standard InChI is InChI=1S/C22H26N4OS/c1-5-13-26-20(18-8-6-7-16(3)14-18)24-25-22(26)28-17(4)21(27)23-19-11-9-15(2)10-12-19/h6-12,14,17H,5,13H2,1-4H3,(H,23,27)/t17-/m1/s1. The first kappa shape index (κ1) is 20.1. The summed E-state index contributed by atoms with van der Waals surface area (Å²) >= 11 is 1.44. The van der Waals surface area contributed by atoms with Gasteiger partial charge in [-0.1, -0.05) is 60.1 Å². The van der Waals surface area contributed by atoms with Crippen molar-refractivity contribution < 1.29 is 4.79 Å². The molecule has 0 bridgehead atoms. The van der Waals surface area contributed by atoms with E-state index in [0.717, 1.165) is 40.8 Å². The minimum absolute atomic E-state index is 0.0444. The zero-order valence-corrected chi connectivity index (χ0v) is 17.6. The Morgan fingerprint density at radius 3 is 2.54 bits per heavy atom. The zero-order valence-electron chi connectivity index (χ0n) is 16.8. The van der Waals surface area contributed by atoms with Gasteiger partial charge in [0.1, 0.15) is 0 Å². The fourth-order valence-corrected chi connectivity index (χ4v) is 3.77. The summed E-state index contributed by atoms with van der Waals surface area (Å²) in [6, 6.07) is 16.1. The Bertz CT molecular complexity index is 949. The van der Waals surface area contributed by atoms with E-state index in [9.17, 15) is 4.79 Å². The highest BCUT2D eigenvalue weighted by Crippen LogP contribution is 2.28. The first-order valence-corrected chi connectivity index (χ1v) is 10.4. The van der Waals surface area contributed by atoms with Crippen LogP contribution in [-0.4, -0.2) is 25.9 Å². The van der Waals surface area contributed by atoms with Crippen LogP contribution in [-0.2, 0) is 11.3 Å². The highest BCUT2D eigenvalue weighted by Gasteiger charge is 2.20. The summed E-state index contributed by atoms with van der Waals surface area (Å²) in [4.78, 5) is 12.6. The second kappa shape index (κ2) is 9.06. The van der Waals surface area contributed by atoms with Crippen molar-refractivity contribution in [2.24, 2.45) is 0 Å². The molecule has 0 saturated carbocycles. The van der Waals surface area contributed by atoms with E-state index in [4.69, 9.17) is 0 Å². The number of benzene rings is 2. The van der Waals surface area contributed by atoms with Gasteiger partial charge in [0.05, 0.1) is 5.25 Å². The SMILES string of the molecule is CCCn1c(S[C@H](C)C(=O)Nc2ccc(C)cc2)nnc1-c1cccc(C)c1. The maximum atomic E-state index is 12.6. The van der Waals surface area contributed by atoms with Crippen LogP contribution >= 0.6 is 11.8 Å². The van der Waals surface area contributed by atoms with E-state index in [1.165, 1.54) is 17.3 Å². The fourth-order valence-electron chi connectivity index (χ4n) is 2.89. The summed E-state index contributed by atoms with van der Waals surface area (Å²) in [6.07, 6.45) is 0.967. The zero-order chi connectivity index (χ0) is 20.1. The van der Waals surface area contributed by atoms with Crippen molar-refractivity contribution in [1.29, 1.82) is 0 Å². The number of aromatic nitrogens is 3. The molecule has 146 valence electrons. The first-order chi connectivity index (χ1) is 13.5. The Hall–Kier alpha value is -2.60. The van der Waals surface area contributed by atoms with Gasteiger partial charge in [0.15, 0.2) is 11.0 Å². The van der Waals surface area contributed by atoms with E-state index in [2.05, 4.69) is 46.1 Å². The third-order valence-corrected chi connectivity index (χ3v) is 5.49. The number of rotatable bonds is 7. The lowest BCUT2D eigenvalue weighted by Crippen LogP contribution is -2.23. The number of nitrogens with zero attached hydrogens (tertiary/aromatic N) is 3. The Morgan fingerprint density at radius 2 is 1.86 bits per heavy atom. The van der Waals surface area contributed by atoms with Gasteiger partial charge in [0.2, 0.25) is 5.91 Å². The minimum Gasteiger partial charge on any atom is -0.325 e. The molecule has 0 unspecified atom stereocenters. The molecule has 1 atom stereocenters. The Morgan fingerprint density at radius 1 is 1.11 bits per heavy atom. The lowest BCUT2D eigenvalue weighted by molar-refractivity contribution is -0.115. The summed E-state index contributed by atoms with van der Waals surface area (Å²) < 4.78 is 2.11. The fraction of sp³-hybridized carbons (Fsp3) is 0.318. The van der Waals surface area contributed by atoms with Gasteiger partial charge in [-0.15, -0.1) is 10.2 Å². The van der Waals surface area contributed by atoms with Crippen LogP contribution in [0.15, 0.2) is 53.7 Å². The van der Waals surface area contributed by atoms with Crippen LogP contribution < -0.4 is 5.32 Å². The Balaban J connectivity index is 1.77. The predicted octanol–water partition coefficient (Wildman–Crippen LogP) is 5.09. The van der Waals surface area contributed by atoms with E-state index in [0.29, 0.717) is 0 Å². The number of carbonyl (C=O) groups is 1. The van der Waals surface area contributed by atoms with Gasteiger partial charge < -0.3 is 9.88 Å². The number of anilines is 1. The Labute approximate surface area is 170 Å². The van der Waals surface area contributed by atoms with E-state index in [1.54, 1.807) is 0 Å². The second-order valence-electron chi connectivity index (χ2n) is 6.94. The van der Waals surface area contributed by atoms with Gasteiger partial charge >= 0.3 is 0 Å². The molecule has 1 amide bonds. The van der Waals surface area contributed by atoms with Crippen molar-refractivity contribution in [3.05, 3.63) is 59.7 Å². The highest BCUT2D eigenvalue weighted by atomic mass is 32.2. The highest BCUT2D eigenvalue weighted by molar-refractivity contribution is 8.00. The average Bonchev–Trinajstić information content (AvgIpc) is 3.06. The van der Waals surface area contributed by atoms with E-state index < -0.39 is 0 Å². The molecule has 1 heterocycles. The molecule has 0 aliphatic rings. The molecule has 0 saturated heterocycles. The maximum Gasteiger partial charge on any atom is 0.237 e. The molecule has 0 radical (unpaired) electrons. The van der Waals surface area contributed by atoms with Crippen molar-refractivity contribution in [2.75, 3.05) is 5.32 Å². The second-order valence-corrected chi connectivity index (χ2v) is 8.25. The molecule has 1 aromatic heterocycles. The van der Waals surface area contributed by atoms with Crippen molar-refractivity contribution >= 4 is 23.4 Å². The Kier molecular flexibility index (Phi) is 6.52. The molecular formula is C22H26N4OS. The van der Waals surface area contributed by atoms with Gasteiger partial charge in [-0.3, -0.25) is 4.79 Å². The maximum absolute atomic E-state index is 12.6. The average molecular weight is 395 g/mol. The topological polar surface area (TPSA) is 59.8 Å². The number of hydrogen-bond acceptors (Lipinski definition) is 4. The minimum atomic E-state index is -0.286. The summed E-state index contributed by atoms with van der Waals surface area (Å²) in [5.74, 6) is 0.802. The third kappa shape index (κ3) is 4.81. The number of amides is 1. The number of nitrogens with one attached hydrogen (secondary N) is 1. The number of thioether (sulfide) groups is 1. The molecule has 3 aromatic rings. The smallest absolute Gasteiger partial charge is 0.237 e. The summed E-state index contributed by atoms with van der Waals surface area (Å²) in [5.41, 5.74) is 4.20. The van der Waals surface area contributed by atoms with Crippen LogP contribution in [0.25, 0.3) is 11.4 Å². The van der Waals surface area contributed by atoms with E-state index in [1.807, 2.05) is 50.2 Å². The van der Waals surface area contributed by atoms with Gasteiger partial charge in [-0.05, 0) is 45.4 Å². The summed E-state index contributed by atoms with van der Waals surface area (Å²) in [7, 11) is 0. The number of aryl methyl sites for hydroxylation is 2. The molecule has 2 aromatic carbocycles. The monoisotopic (exact) mass is 394 g/mol. The molecular weight excluding hydrogens is 368 g/mol. The molecule has 0 aliphatic heterocycles. The van der Waals surface area contributed by atoms with E-state index in [-0.39, 0.29) is 11.2 Å². The molecule has 0 fully saturated rings. The van der Waals surface area contributed by atoms with Crippen molar-refractivity contribution in [3.63, 3.8) is 0 Å². The predicted molar refractivity (Wildman–Crippen MR) is 116 cm³/mol. The van der Waals surface area contributed by atoms with Gasteiger partial charge in [-0.2, -0.15) is 0 Å². The van der Waals surface area contributed by atoms with Gasteiger partial charge in [0, 0.05) is 17.8 Å². The lowest BCUT2D eigenvalue weighted by atomic mass is 10.1. The third-order valence-electron chi connectivity index (χ3n) is 4.41. The van der Waals surface area contributed by atoms with Crippen LogP contribution in [0.3, 0.4) is 0 Å². The molecule has 28 heavy (non-hydrogen) atoms. The molecule has 0 spiro atoms. The molecule has 5 nitrogen and oxygen atoms in total. The lowest BCUT2D eigenvalue weighted by Gasteiger charge is -2.13. The molecule has 1 N–H and O–H groups in total. The summed E-state index contributed by atoms with van der Waals surface area (Å²) in [5, 5.41) is 12.2. The van der Waals surface area contributed by atoms with Crippen LogP contribution in [0, 0.1) is 13.8 Å². The van der Waals surface area contributed by atoms with Crippen LogP contribution in [0.4, 0.5) is 5.69 Å². The molecule has 6 heteroatoms. The van der Waals surface area contributed by atoms with Gasteiger partial charge in [-0.25, -0.2) is 0 Å². The van der Waals surface area contributed by atoms with E-state index >= 15 is 0 Å². The first-order valence-electron chi connectivity index (χ1n) is 9.52. The van der Waals surface area contributed by atoms with Crippen LogP contribution in [0.2, 0.25) is 0 Å². The number of hydrogen-bond donors (Lipinski definition) is 1. The summed E-state index contributed by atoms with van der Waals surface area (Å²) in [6.45, 7) is 8.92. The van der Waals surface area contributed by atoms with Crippen molar-refractivity contribution in [2.45, 2.75) is 51.1 Å². The van der Waals surface area contributed by atoms with Crippen LogP contribution in [0.5, 0.6) is 0 Å². The molecule has 0 aliphatic carbocycles. The largest absolute Gasteiger partial charge is 0.325 e. The van der Waals surface area contributed by atoms with Gasteiger partial charge in [0.25, 0.3) is 0 Å². The normalized spacial score (nSPS) is 12.0. The quantitative estimate of drug-likeness (QED) is 0.567.